The van der Waals surface area contributed by atoms with Gasteiger partial charge in [0.15, 0.2) is 0 Å². The van der Waals surface area contributed by atoms with Gasteiger partial charge in [0.25, 0.3) is 0 Å². The van der Waals surface area contributed by atoms with Gasteiger partial charge < -0.3 is 9.30 Å². The van der Waals surface area contributed by atoms with E-state index in [4.69, 9.17) is 10.00 Å². The maximum absolute atomic E-state index is 8.97. The highest BCUT2D eigenvalue weighted by Gasteiger charge is 2.21. The van der Waals surface area contributed by atoms with Crippen molar-refractivity contribution in [3.63, 3.8) is 0 Å². The second kappa shape index (κ2) is 4.53. The highest BCUT2D eigenvalue weighted by atomic mass is 16.5. The Labute approximate surface area is 105 Å². The molecule has 0 spiro atoms. The summed E-state index contributed by atoms with van der Waals surface area (Å²) in [4.78, 5) is 4.03. The summed E-state index contributed by atoms with van der Waals surface area (Å²) in [7, 11) is 0. The summed E-state index contributed by atoms with van der Waals surface area (Å²) in [5.74, 6) is 1.82. The average molecular weight is 239 g/mol. The first kappa shape index (κ1) is 10.8. The molecule has 0 saturated carbocycles. The first-order valence-corrected chi connectivity index (χ1v) is 6.01. The van der Waals surface area contributed by atoms with Crippen molar-refractivity contribution in [2.24, 2.45) is 0 Å². The van der Waals surface area contributed by atoms with Crippen molar-refractivity contribution in [2.75, 3.05) is 6.61 Å². The number of hydrogen-bond donors (Lipinski definition) is 0. The van der Waals surface area contributed by atoms with Crippen molar-refractivity contribution < 1.29 is 4.74 Å². The molecule has 2 heterocycles. The molecule has 1 aliphatic rings. The van der Waals surface area contributed by atoms with E-state index in [0.29, 0.717) is 11.7 Å². The van der Waals surface area contributed by atoms with Gasteiger partial charge in [-0.05, 0) is 18.1 Å². The number of fused-ring (bicyclic) bond motifs is 1. The van der Waals surface area contributed by atoms with Gasteiger partial charge in [-0.1, -0.05) is 18.2 Å². The molecule has 0 fully saturated rings. The zero-order valence-electron chi connectivity index (χ0n) is 9.91. The van der Waals surface area contributed by atoms with Crippen LogP contribution in [0, 0.1) is 11.3 Å². The van der Waals surface area contributed by atoms with Crippen LogP contribution in [0.1, 0.15) is 23.7 Å². The summed E-state index contributed by atoms with van der Waals surface area (Å²) >= 11 is 0. The van der Waals surface area contributed by atoms with Gasteiger partial charge >= 0.3 is 0 Å². The van der Waals surface area contributed by atoms with Crippen LogP contribution in [0.4, 0.5) is 0 Å². The number of hydrogen-bond acceptors (Lipinski definition) is 3. The number of ether oxygens (including phenoxy) is 1. The molecule has 1 atom stereocenters. The van der Waals surface area contributed by atoms with Crippen LogP contribution in [0.3, 0.4) is 0 Å². The van der Waals surface area contributed by atoms with Crippen molar-refractivity contribution in [2.45, 2.75) is 18.9 Å². The van der Waals surface area contributed by atoms with Gasteiger partial charge in [0.2, 0.25) is 5.82 Å². The van der Waals surface area contributed by atoms with E-state index in [-0.39, 0.29) is 0 Å². The molecule has 4 nitrogen and oxygen atoms in total. The third-order valence-corrected chi connectivity index (χ3v) is 3.32. The number of aromatic nitrogens is 2. The van der Waals surface area contributed by atoms with Gasteiger partial charge in [-0.3, -0.25) is 0 Å². The normalized spacial score (nSPS) is 17.6. The molecule has 2 aromatic rings. The Morgan fingerprint density at radius 1 is 1.44 bits per heavy atom. The highest BCUT2D eigenvalue weighted by Crippen LogP contribution is 2.34. The van der Waals surface area contributed by atoms with Crippen LogP contribution < -0.4 is 4.74 Å². The van der Waals surface area contributed by atoms with Crippen molar-refractivity contribution in [3.8, 4) is 11.8 Å². The number of para-hydroxylation sites is 1. The van der Waals surface area contributed by atoms with Gasteiger partial charge in [-0.15, -0.1) is 0 Å². The second-order valence-corrected chi connectivity index (χ2v) is 4.39. The van der Waals surface area contributed by atoms with Crippen molar-refractivity contribution in [1.29, 1.82) is 5.26 Å². The second-order valence-electron chi connectivity index (χ2n) is 4.39. The molecule has 0 radical (unpaired) electrons. The zero-order chi connectivity index (χ0) is 12.4. The van der Waals surface area contributed by atoms with Gasteiger partial charge in [0.05, 0.1) is 6.61 Å². The summed E-state index contributed by atoms with van der Waals surface area (Å²) in [6.07, 6.45) is 4.50. The molecule has 0 bridgehead atoms. The van der Waals surface area contributed by atoms with Crippen LogP contribution in [0.5, 0.6) is 5.75 Å². The average Bonchev–Trinajstić information content (AvgIpc) is 2.86. The molecule has 18 heavy (non-hydrogen) atoms. The molecule has 1 aliphatic heterocycles. The van der Waals surface area contributed by atoms with Crippen molar-refractivity contribution >= 4 is 0 Å². The molecular formula is C14H13N3O. The molecule has 4 heteroatoms. The van der Waals surface area contributed by atoms with Crippen molar-refractivity contribution in [1.82, 2.24) is 9.55 Å². The molecule has 0 N–H and O–H groups in total. The lowest BCUT2D eigenvalue weighted by Crippen LogP contribution is -2.18. The van der Waals surface area contributed by atoms with Crippen LogP contribution >= 0.6 is 0 Å². The summed E-state index contributed by atoms with van der Waals surface area (Å²) in [5, 5.41) is 8.97. The van der Waals surface area contributed by atoms with E-state index in [1.165, 1.54) is 5.56 Å². The fourth-order valence-corrected chi connectivity index (χ4v) is 2.41. The minimum atomic E-state index is 0.385. The van der Waals surface area contributed by atoms with E-state index in [0.717, 1.165) is 25.3 Å². The Morgan fingerprint density at radius 2 is 2.33 bits per heavy atom. The minimum Gasteiger partial charge on any atom is -0.493 e. The molecule has 0 amide bonds. The molecule has 1 unspecified atom stereocenters. The predicted octanol–water partition coefficient (Wildman–Crippen LogP) is 2.32. The van der Waals surface area contributed by atoms with Crippen LogP contribution in [-0.2, 0) is 6.54 Å². The maximum atomic E-state index is 8.97. The number of benzene rings is 1. The summed E-state index contributed by atoms with van der Waals surface area (Å²) in [5.41, 5.74) is 1.22. The van der Waals surface area contributed by atoms with Crippen LogP contribution in [0.25, 0.3) is 0 Å². The molecular weight excluding hydrogens is 226 g/mol. The first-order valence-electron chi connectivity index (χ1n) is 6.01. The van der Waals surface area contributed by atoms with Gasteiger partial charge in [0.1, 0.15) is 11.8 Å². The quantitative estimate of drug-likeness (QED) is 0.808. The fraction of sp³-hybridized carbons (Fsp3) is 0.286. The molecule has 0 saturated heterocycles. The van der Waals surface area contributed by atoms with E-state index in [9.17, 15) is 0 Å². The predicted molar refractivity (Wildman–Crippen MR) is 66.2 cm³/mol. The van der Waals surface area contributed by atoms with Crippen molar-refractivity contribution in [3.05, 3.63) is 48.0 Å². The Morgan fingerprint density at radius 3 is 3.22 bits per heavy atom. The van der Waals surface area contributed by atoms with E-state index in [1.54, 1.807) is 6.20 Å². The molecule has 90 valence electrons. The van der Waals surface area contributed by atoms with E-state index in [1.807, 2.05) is 29.0 Å². The van der Waals surface area contributed by atoms with Crippen LogP contribution in [0.15, 0.2) is 36.7 Å². The van der Waals surface area contributed by atoms with Gasteiger partial charge in [-0.25, -0.2) is 4.98 Å². The third-order valence-electron chi connectivity index (χ3n) is 3.32. The number of imidazole rings is 1. The van der Waals surface area contributed by atoms with Gasteiger partial charge in [-0.2, -0.15) is 5.26 Å². The van der Waals surface area contributed by atoms with Crippen LogP contribution in [0.2, 0.25) is 0 Å². The van der Waals surface area contributed by atoms with E-state index < -0.39 is 0 Å². The molecule has 3 rings (SSSR count). The Balaban J connectivity index is 1.89. The summed E-state index contributed by atoms with van der Waals surface area (Å²) < 4.78 is 7.55. The Hall–Kier alpha value is -2.28. The fourth-order valence-electron chi connectivity index (χ4n) is 2.41. The largest absolute Gasteiger partial charge is 0.493 e. The smallest absolute Gasteiger partial charge is 0.212 e. The summed E-state index contributed by atoms with van der Waals surface area (Å²) in [6, 6.07) is 10.2. The Kier molecular flexibility index (Phi) is 2.73. The maximum Gasteiger partial charge on any atom is 0.212 e. The highest BCUT2D eigenvalue weighted by molar-refractivity contribution is 5.37. The number of rotatable bonds is 2. The number of nitrogens with zero attached hydrogens (tertiary/aromatic N) is 3. The first-order chi connectivity index (χ1) is 8.88. The zero-order valence-corrected chi connectivity index (χ0v) is 9.91. The lowest BCUT2D eigenvalue weighted by Gasteiger charge is -2.26. The Bertz CT molecular complexity index is 597. The lowest BCUT2D eigenvalue weighted by atomic mass is 9.93. The molecule has 1 aromatic heterocycles. The SMILES string of the molecule is N#Cc1nccn1CC1CCOc2ccccc21. The third kappa shape index (κ3) is 1.84. The monoisotopic (exact) mass is 239 g/mol. The topological polar surface area (TPSA) is 50.8 Å². The standard InChI is InChI=1S/C14H13N3O/c15-9-14-16-6-7-17(14)10-11-5-8-18-13-4-2-1-3-12(11)13/h1-4,6-7,11H,5,8,10H2. The van der Waals surface area contributed by atoms with Crippen LogP contribution in [-0.4, -0.2) is 16.2 Å². The lowest BCUT2D eigenvalue weighted by molar-refractivity contribution is 0.258. The van der Waals surface area contributed by atoms with Gasteiger partial charge in [0, 0.05) is 24.9 Å². The summed E-state index contributed by atoms with van der Waals surface area (Å²) in [6.45, 7) is 1.52. The molecule has 0 aliphatic carbocycles. The molecule has 1 aromatic carbocycles. The van der Waals surface area contributed by atoms with E-state index >= 15 is 0 Å². The number of nitriles is 1. The van der Waals surface area contributed by atoms with E-state index in [2.05, 4.69) is 17.1 Å². The minimum absolute atomic E-state index is 0.385.